The number of carbonyl (C=O) groups excluding carboxylic acids is 2. The maximum absolute atomic E-state index is 11.6. The number of hydrogen-bond acceptors (Lipinski definition) is 5. The molecule has 0 spiro atoms. The molecule has 2 N–H and O–H groups in total. The summed E-state index contributed by atoms with van der Waals surface area (Å²) in [5.74, 6) is 0.796. The first kappa shape index (κ1) is 21.0. The quantitative estimate of drug-likeness (QED) is 0.761. The Morgan fingerprint density at radius 3 is 2.78 bits per heavy atom. The number of aliphatic hydroxyl groups excluding tert-OH is 1. The smallest absolute Gasteiger partial charge is 0.407 e. The number of carbonyl (C=O) groups is 2. The average Bonchev–Trinajstić information content (AvgIpc) is 2.90. The van der Waals surface area contributed by atoms with Gasteiger partial charge in [0.25, 0.3) is 0 Å². The van der Waals surface area contributed by atoms with E-state index in [1.807, 2.05) is 18.2 Å². The number of rotatable bonds is 7. The van der Waals surface area contributed by atoms with Gasteiger partial charge in [-0.15, -0.1) is 0 Å². The van der Waals surface area contributed by atoms with Crippen LogP contribution in [0.25, 0.3) is 0 Å². The minimum absolute atomic E-state index is 0.0871. The standard InChI is InChI=1S/C20H30N2O5/c1-20(2,3)27-19(25)21-11-10-17(23)14-6-5-7-16(12-14)26-13-15-8-9-18(24)22(15)4/h5-7,12,15,17,23H,8-11,13H2,1-4H3,(H,21,25)/t15?,17-/m1/s1. The van der Waals surface area contributed by atoms with Crippen LogP contribution in [0.3, 0.4) is 0 Å². The van der Waals surface area contributed by atoms with Crippen LogP contribution >= 0.6 is 0 Å². The summed E-state index contributed by atoms with van der Waals surface area (Å²) < 4.78 is 11.0. The van der Waals surface area contributed by atoms with Crippen molar-refractivity contribution in [2.24, 2.45) is 0 Å². The largest absolute Gasteiger partial charge is 0.491 e. The van der Waals surface area contributed by atoms with E-state index in [0.717, 1.165) is 6.42 Å². The molecule has 1 heterocycles. The number of ether oxygens (including phenoxy) is 2. The van der Waals surface area contributed by atoms with Crippen molar-refractivity contribution in [3.05, 3.63) is 29.8 Å². The number of nitrogens with zero attached hydrogens (tertiary/aromatic N) is 1. The van der Waals surface area contributed by atoms with Gasteiger partial charge in [-0.2, -0.15) is 0 Å². The number of hydrogen-bond donors (Lipinski definition) is 2. The molecule has 1 fully saturated rings. The highest BCUT2D eigenvalue weighted by Crippen LogP contribution is 2.23. The van der Waals surface area contributed by atoms with Gasteiger partial charge in [0.2, 0.25) is 5.91 Å². The van der Waals surface area contributed by atoms with Gasteiger partial charge in [-0.05, 0) is 51.3 Å². The molecule has 2 rings (SSSR count). The zero-order chi connectivity index (χ0) is 20.0. The molecule has 1 saturated heterocycles. The van der Waals surface area contributed by atoms with Gasteiger partial charge in [0, 0.05) is 20.0 Å². The molecule has 2 atom stereocenters. The zero-order valence-electron chi connectivity index (χ0n) is 16.5. The van der Waals surface area contributed by atoms with Gasteiger partial charge < -0.3 is 24.8 Å². The van der Waals surface area contributed by atoms with Crippen LogP contribution in [-0.4, -0.2) is 53.8 Å². The van der Waals surface area contributed by atoms with Crippen LogP contribution in [0.5, 0.6) is 5.75 Å². The number of nitrogens with one attached hydrogen (secondary N) is 1. The highest BCUT2D eigenvalue weighted by Gasteiger charge is 2.28. The molecule has 2 amide bonds. The first-order valence-electron chi connectivity index (χ1n) is 9.29. The number of likely N-dealkylation sites (N-methyl/N-ethyl adjacent to an activating group) is 1. The third kappa shape index (κ3) is 6.75. The Morgan fingerprint density at radius 1 is 1.41 bits per heavy atom. The molecule has 0 radical (unpaired) electrons. The van der Waals surface area contributed by atoms with Crippen molar-refractivity contribution in [1.82, 2.24) is 10.2 Å². The van der Waals surface area contributed by atoms with Crippen molar-refractivity contribution in [3.63, 3.8) is 0 Å². The highest BCUT2D eigenvalue weighted by atomic mass is 16.6. The predicted octanol–water partition coefficient (Wildman–Crippen LogP) is 2.63. The Labute approximate surface area is 160 Å². The lowest BCUT2D eigenvalue weighted by Gasteiger charge is -2.21. The van der Waals surface area contributed by atoms with E-state index in [9.17, 15) is 14.7 Å². The van der Waals surface area contributed by atoms with E-state index >= 15 is 0 Å². The molecule has 1 aromatic rings. The van der Waals surface area contributed by atoms with Crippen LogP contribution in [0, 0.1) is 0 Å². The number of amides is 2. The molecule has 0 aromatic heterocycles. The minimum Gasteiger partial charge on any atom is -0.491 e. The third-order valence-corrected chi connectivity index (χ3v) is 4.40. The molecule has 1 aromatic carbocycles. The molecular formula is C20H30N2O5. The second-order valence-corrected chi connectivity index (χ2v) is 7.81. The summed E-state index contributed by atoms with van der Waals surface area (Å²) in [6.07, 6.45) is 0.506. The summed E-state index contributed by atoms with van der Waals surface area (Å²) >= 11 is 0. The monoisotopic (exact) mass is 378 g/mol. The van der Waals surface area contributed by atoms with Gasteiger partial charge in [-0.3, -0.25) is 4.79 Å². The van der Waals surface area contributed by atoms with Gasteiger partial charge in [-0.1, -0.05) is 12.1 Å². The van der Waals surface area contributed by atoms with Gasteiger partial charge >= 0.3 is 6.09 Å². The molecule has 1 aliphatic heterocycles. The van der Waals surface area contributed by atoms with Crippen LogP contribution < -0.4 is 10.1 Å². The summed E-state index contributed by atoms with van der Waals surface area (Å²) in [5, 5.41) is 13.0. The first-order chi connectivity index (χ1) is 12.7. The van der Waals surface area contributed by atoms with E-state index in [4.69, 9.17) is 9.47 Å². The molecule has 0 aliphatic carbocycles. The van der Waals surface area contributed by atoms with Crippen molar-refractivity contribution in [2.75, 3.05) is 20.2 Å². The van der Waals surface area contributed by atoms with E-state index in [1.54, 1.807) is 38.8 Å². The topological polar surface area (TPSA) is 88.1 Å². The number of aliphatic hydroxyl groups is 1. The molecule has 0 bridgehead atoms. The Morgan fingerprint density at radius 2 is 2.15 bits per heavy atom. The Kier molecular flexibility index (Phi) is 7.07. The number of likely N-dealkylation sites (tertiary alicyclic amines) is 1. The van der Waals surface area contributed by atoms with Crippen molar-refractivity contribution < 1.29 is 24.2 Å². The molecule has 1 aliphatic rings. The van der Waals surface area contributed by atoms with Crippen LogP contribution in [0.2, 0.25) is 0 Å². The van der Waals surface area contributed by atoms with Gasteiger partial charge in [0.1, 0.15) is 18.0 Å². The van der Waals surface area contributed by atoms with Gasteiger partial charge in [0.05, 0.1) is 12.1 Å². The van der Waals surface area contributed by atoms with E-state index in [-0.39, 0.29) is 11.9 Å². The second-order valence-electron chi connectivity index (χ2n) is 7.81. The minimum atomic E-state index is -0.723. The second kappa shape index (κ2) is 9.08. The fraction of sp³-hybridized carbons (Fsp3) is 0.600. The Bertz CT molecular complexity index is 656. The molecule has 7 nitrogen and oxygen atoms in total. The molecule has 150 valence electrons. The van der Waals surface area contributed by atoms with Crippen molar-refractivity contribution in [3.8, 4) is 5.75 Å². The average molecular weight is 378 g/mol. The summed E-state index contributed by atoms with van der Waals surface area (Å²) in [6.45, 7) is 6.13. The molecule has 0 saturated carbocycles. The summed E-state index contributed by atoms with van der Waals surface area (Å²) in [4.78, 5) is 24.9. The van der Waals surface area contributed by atoms with E-state index < -0.39 is 17.8 Å². The van der Waals surface area contributed by atoms with Gasteiger partial charge in [0.15, 0.2) is 0 Å². The fourth-order valence-electron chi connectivity index (χ4n) is 2.85. The van der Waals surface area contributed by atoms with Crippen LogP contribution in [0.4, 0.5) is 4.79 Å². The van der Waals surface area contributed by atoms with E-state index in [1.165, 1.54) is 0 Å². The predicted molar refractivity (Wildman–Crippen MR) is 102 cm³/mol. The zero-order valence-corrected chi connectivity index (χ0v) is 16.5. The highest BCUT2D eigenvalue weighted by molar-refractivity contribution is 5.78. The van der Waals surface area contributed by atoms with Crippen molar-refractivity contribution >= 4 is 12.0 Å². The van der Waals surface area contributed by atoms with Crippen LogP contribution in [0.15, 0.2) is 24.3 Å². The third-order valence-electron chi connectivity index (χ3n) is 4.40. The molecule has 27 heavy (non-hydrogen) atoms. The van der Waals surface area contributed by atoms with Crippen molar-refractivity contribution in [1.29, 1.82) is 0 Å². The Hall–Kier alpha value is -2.28. The van der Waals surface area contributed by atoms with Gasteiger partial charge in [-0.25, -0.2) is 4.79 Å². The summed E-state index contributed by atoms with van der Waals surface area (Å²) in [5.41, 5.74) is 0.168. The van der Waals surface area contributed by atoms with Crippen LogP contribution in [0.1, 0.15) is 51.7 Å². The summed E-state index contributed by atoms with van der Waals surface area (Å²) in [7, 11) is 1.79. The van der Waals surface area contributed by atoms with E-state index in [0.29, 0.717) is 37.3 Å². The van der Waals surface area contributed by atoms with Crippen molar-refractivity contribution in [2.45, 2.75) is 57.8 Å². The summed E-state index contributed by atoms with van der Waals surface area (Å²) in [6, 6.07) is 7.33. The lowest BCUT2D eigenvalue weighted by molar-refractivity contribution is -0.127. The lowest BCUT2D eigenvalue weighted by Crippen LogP contribution is -2.33. The fourth-order valence-corrected chi connectivity index (χ4v) is 2.85. The Balaban J connectivity index is 1.80. The molecule has 7 heteroatoms. The first-order valence-corrected chi connectivity index (χ1v) is 9.29. The maximum Gasteiger partial charge on any atom is 0.407 e. The number of benzene rings is 1. The number of alkyl carbamates (subject to hydrolysis) is 1. The maximum atomic E-state index is 11.6. The SMILES string of the molecule is CN1C(=O)CCC1COc1cccc([C@H](O)CCNC(=O)OC(C)(C)C)c1. The lowest BCUT2D eigenvalue weighted by atomic mass is 10.1. The van der Waals surface area contributed by atoms with E-state index in [2.05, 4.69) is 5.32 Å². The molecule has 1 unspecified atom stereocenters. The normalized spacial score (nSPS) is 18.3. The molecular weight excluding hydrogens is 348 g/mol. The van der Waals surface area contributed by atoms with Crippen LogP contribution in [-0.2, 0) is 9.53 Å².